The van der Waals surface area contributed by atoms with Gasteiger partial charge in [0, 0.05) is 0 Å². The van der Waals surface area contributed by atoms with Crippen LogP contribution in [0.25, 0.3) is 0 Å². The Bertz CT molecular complexity index is 380. The predicted molar refractivity (Wildman–Crippen MR) is 68.5 cm³/mol. The van der Waals surface area contributed by atoms with Gasteiger partial charge in [-0.15, -0.1) is 0 Å². The topological polar surface area (TPSA) is 105 Å². The molecule has 17 heavy (non-hydrogen) atoms. The van der Waals surface area contributed by atoms with Crippen molar-refractivity contribution >= 4 is 15.9 Å². The second-order valence-corrected chi connectivity index (χ2v) is 7.68. The van der Waals surface area contributed by atoms with Gasteiger partial charge in [-0.05, 0) is 25.7 Å². The standard InChI is InChI=1S/C10H23N3O3S/c1-9(2,3)6-7-17(15,16)13-10(4,5)8(11)12-14/h13-14H,6-7H2,1-5H3,(H2,11,12). The number of hydrogen-bond acceptors (Lipinski definition) is 4. The fraction of sp³-hybridized carbons (Fsp3) is 0.900. The molecule has 0 atom stereocenters. The van der Waals surface area contributed by atoms with Crippen LogP contribution in [0.4, 0.5) is 0 Å². The van der Waals surface area contributed by atoms with Crippen LogP contribution in [0.5, 0.6) is 0 Å². The third-order valence-corrected chi connectivity index (χ3v) is 3.84. The lowest BCUT2D eigenvalue weighted by Crippen LogP contribution is -2.53. The van der Waals surface area contributed by atoms with Crippen LogP contribution in [0.15, 0.2) is 5.16 Å². The van der Waals surface area contributed by atoms with Crippen molar-refractivity contribution < 1.29 is 13.6 Å². The van der Waals surface area contributed by atoms with E-state index in [-0.39, 0.29) is 17.0 Å². The lowest BCUT2D eigenvalue weighted by Gasteiger charge is -2.25. The summed E-state index contributed by atoms with van der Waals surface area (Å²) in [5.41, 5.74) is 4.26. The van der Waals surface area contributed by atoms with Crippen LogP contribution < -0.4 is 10.5 Å². The van der Waals surface area contributed by atoms with Gasteiger partial charge in [-0.3, -0.25) is 0 Å². The third-order valence-electron chi connectivity index (χ3n) is 2.28. The normalized spacial score (nSPS) is 15.0. The largest absolute Gasteiger partial charge is 0.409 e. The monoisotopic (exact) mass is 265 g/mol. The molecule has 0 aromatic carbocycles. The van der Waals surface area contributed by atoms with Crippen molar-refractivity contribution in [2.45, 2.75) is 46.6 Å². The quantitative estimate of drug-likeness (QED) is 0.297. The summed E-state index contributed by atoms with van der Waals surface area (Å²) in [6.45, 7) is 8.99. The molecular weight excluding hydrogens is 242 g/mol. The molecule has 0 unspecified atom stereocenters. The number of nitrogens with zero attached hydrogens (tertiary/aromatic N) is 1. The Morgan fingerprint density at radius 3 is 2.12 bits per heavy atom. The zero-order valence-electron chi connectivity index (χ0n) is 11.1. The summed E-state index contributed by atoms with van der Waals surface area (Å²) in [4.78, 5) is 0. The van der Waals surface area contributed by atoms with Gasteiger partial charge in [0.1, 0.15) is 0 Å². The molecule has 0 bridgehead atoms. The van der Waals surface area contributed by atoms with E-state index in [9.17, 15) is 8.42 Å². The average Bonchev–Trinajstić information content (AvgIpc) is 2.11. The van der Waals surface area contributed by atoms with E-state index in [0.717, 1.165) is 0 Å². The van der Waals surface area contributed by atoms with E-state index in [4.69, 9.17) is 10.9 Å². The molecule has 0 aromatic rings. The van der Waals surface area contributed by atoms with E-state index >= 15 is 0 Å². The minimum atomic E-state index is -3.45. The highest BCUT2D eigenvalue weighted by Crippen LogP contribution is 2.19. The van der Waals surface area contributed by atoms with Gasteiger partial charge in [-0.1, -0.05) is 25.9 Å². The Kier molecular flexibility index (Phi) is 4.97. The zero-order chi connectivity index (χ0) is 13.9. The smallest absolute Gasteiger partial charge is 0.212 e. The van der Waals surface area contributed by atoms with E-state index in [1.165, 1.54) is 13.8 Å². The van der Waals surface area contributed by atoms with E-state index in [2.05, 4.69) is 9.88 Å². The number of hydrogen-bond donors (Lipinski definition) is 3. The second kappa shape index (κ2) is 5.22. The van der Waals surface area contributed by atoms with Crippen LogP contribution in [-0.4, -0.2) is 30.8 Å². The van der Waals surface area contributed by atoms with Crippen LogP contribution in [0.3, 0.4) is 0 Å². The molecule has 0 aromatic heterocycles. The van der Waals surface area contributed by atoms with E-state index < -0.39 is 15.6 Å². The van der Waals surface area contributed by atoms with Gasteiger partial charge in [0.05, 0.1) is 11.3 Å². The molecule has 0 heterocycles. The number of nitrogens with one attached hydrogen (secondary N) is 1. The summed E-state index contributed by atoms with van der Waals surface area (Å²) in [6.07, 6.45) is 0.536. The van der Waals surface area contributed by atoms with Crippen molar-refractivity contribution in [1.29, 1.82) is 0 Å². The van der Waals surface area contributed by atoms with Crippen LogP contribution in [0.2, 0.25) is 0 Å². The van der Waals surface area contributed by atoms with Crippen molar-refractivity contribution in [1.82, 2.24) is 4.72 Å². The molecular formula is C10H23N3O3S. The maximum Gasteiger partial charge on any atom is 0.212 e. The minimum absolute atomic E-state index is 0.0125. The first-order valence-electron chi connectivity index (χ1n) is 5.39. The van der Waals surface area contributed by atoms with Gasteiger partial charge in [-0.2, -0.15) is 0 Å². The highest BCUT2D eigenvalue weighted by Gasteiger charge is 2.29. The first kappa shape index (κ1) is 16.2. The third kappa shape index (κ3) is 6.48. The molecule has 7 heteroatoms. The van der Waals surface area contributed by atoms with Gasteiger partial charge in [-0.25, -0.2) is 13.1 Å². The van der Waals surface area contributed by atoms with Crippen molar-refractivity contribution in [3.8, 4) is 0 Å². The molecule has 0 saturated heterocycles. The number of nitrogens with two attached hydrogens (primary N) is 1. The molecule has 0 aliphatic heterocycles. The number of amidine groups is 1. The van der Waals surface area contributed by atoms with Crippen LogP contribution in [-0.2, 0) is 10.0 Å². The fourth-order valence-corrected chi connectivity index (χ4v) is 2.92. The first-order chi connectivity index (χ1) is 7.40. The van der Waals surface area contributed by atoms with Gasteiger partial charge < -0.3 is 10.9 Å². The summed E-state index contributed by atoms with van der Waals surface area (Å²) < 4.78 is 26.0. The van der Waals surface area contributed by atoms with Gasteiger partial charge in [0.25, 0.3) is 0 Å². The summed E-state index contributed by atoms with van der Waals surface area (Å²) >= 11 is 0. The fourth-order valence-electron chi connectivity index (χ4n) is 1.06. The van der Waals surface area contributed by atoms with Gasteiger partial charge in [0.15, 0.2) is 5.84 Å². The lowest BCUT2D eigenvalue weighted by molar-refractivity contribution is 0.312. The van der Waals surface area contributed by atoms with Crippen molar-refractivity contribution in [2.75, 3.05) is 5.75 Å². The van der Waals surface area contributed by atoms with Crippen LogP contribution >= 0.6 is 0 Å². The molecule has 0 rings (SSSR count). The molecule has 0 spiro atoms. The van der Waals surface area contributed by atoms with Crippen molar-refractivity contribution in [2.24, 2.45) is 16.3 Å². The first-order valence-corrected chi connectivity index (χ1v) is 7.04. The van der Waals surface area contributed by atoms with Crippen molar-refractivity contribution in [3.63, 3.8) is 0 Å². The van der Waals surface area contributed by atoms with E-state index in [0.29, 0.717) is 6.42 Å². The lowest BCUT2D eigenvalue weighted by atomic mass is 9.94. The average molecular weight is 265 g/mol. The van der Waals surface area contributed by atoms with E-state index in [1.807, 2.05) is 20.8 Å². The Hall–Kier alpha value is -0.820. The number of sulfonamides is 1. The van der Waals surface area contributed by atoms with E-state index in [1.54, 1.807) is 0 Å². The Labute approximate surface area is 103 Å². The number of rotatable bonds is 5. The Balaban J connectivity index is 4.67. The summed E-state index contributed by atoms with van der Waals surface area (Å²) in [5.74, 6) is -0.157. The molecule has 0 aliphatic carbocycles. The van der Waals surface area contributed by atoms with Crippen LogP contribution in [0, 0.1) is 5.41 Å². The maximum absolute atomic E-state index is 11.8. The predicted octanol–water partition coefficient (Wildman–Crippen LogP) is 0.867. The maximum atomic E-state index is 11.8. The van der Waals surface area contributed by atoms with Crippen LogP contribution in [0.1, 0.15) is 41.0 Å². The van der Waals surface area contributed by atoms with Crippen molar-refractivity contribution in [3.05, 3.63) is 0 Å². The Morgan fingerprint density at radius 2 is 1.76 bits per heavy atom. The molecule has 0 aliphatic rings. The molecule has 6 nitrogen and oxygen atoms in total. The molecule has 0 fully saturated rings. The molecule has 0 amide bonds. The summed E-state index contributed by atoms with van der Waals surface area (Å²) in [6, 6.07) is 0. The molecule has 0 saturated carbocycles. The molecule has 0 radical (unpaired) electrons. The minimum Gasteiger partial charge on any atom is -0.409 e. The van der Waals surface area contributed by atoms with Gasteiger partial charge in [0.2, 0.25) is 10.0 Å². The Morgan fingerprint density at radius 1 is 1.29 bits per heavy atom. The highest BCUT2D eigenvalue weighted by atomic mass is 32.2. The summed E-state index contributed by atoms with van der Waals surface area (Å²) in [7, 11) is -3.45. The zero-order valence-corrected chi connectivity index (χ0v) is 11.9. The summed E-state index contributed by atoms with van der Waals surface area (Å²) in [5, 5.41) is 11.4. The molecule has 4 N–H and O–H groups in total. The second-order valence-electron chi connectivity index (χ2n) is 5.84. The number of oxime groups is 1. The molecule has 102 valence electrons. The van der Waals surface area contributed by atoms with Gasteiger partial charge >= 0.3 is 0 Å². The SMILES string of the molecule is CC(C)(C)CCS(=O)(=O)NC(C)(C)C(N)=NO. The highest BCUT2D eigenvalue weighted by molar-refractivity contribution is 7.89.